The summed E-state index contributed by atoms with van der Waals surface area (Å²) >= 11 is 0. The summed E-state index contributed by atoms with van der Waals surface area (Å²) in [4.78, 5) is 44.0. The summed E-state index contributed by atoms with van der Waals surface area (Å²) in [6.45, 7) is -0.543. The topological polar surface area (TPSA) is 221 Å². The molecule has 0 saturated carbocycles. The second-order valence-electron chi connectivity index (χ2n) is 22.8. The van der Waals surface area contributed by atoms with E-state index < -0.39 is 117 Å². The Labute approximate surface area is 629 Å². The Hall–Kier alpha value is -5.47. The van der Waals surface area contributed by atoms with Gasteiger partial charge in [-0.2, -0.15) is 0 Å². The minimum Gasteiger partial charge on any atom is -0.459 e. The van der Waals surface area contributed by atoms with Gasteiger partial charge in [0.25, 0.3) is 0 Å². The van der Waals surface area contributed by atoms with Crippen LogP contribution < -0.4 is 0 Å². The van der Waals surface area contributed by atoms with E-state index in [1.807, 2.05) is 152 Å². The van der Waals surface area contributed by atoms with Crippen molar-refractivity contribution in [3.63, 3.8) is 0 Å². The normalized spacial score (nSPS) is 25.4. The van der Waals surface area contributed by atoms with Crippen molar-refractivity contribution >= 4 is 17.9 Å². The Morgan fingerprint density at radius 1 is 0.333 bits per heavy atom. The first-order valence-corrected chi connectivity index (χ1v) is 31.3. The Kier molecular flexibility index (Phi) is 30.2. The molecule has 2 N–H and O–H groups in total. The minimum atomic E-state index is -1.87. The van der Waals surface area contributed by atoms with E-state index in [9.17, 15) is 19.8 Å². The van der Waals surface area contributed by atoms with Crippen LogP contribution in [-0.2, 0) is 99.4 Å². The molecular formula is C75H76Ac2O19. The van der Waals surface area contributed by atoms with E-state index in [1.165, 1.54) is 7.11 Å². The van der Waals surface area contributed by atoms with Crippen LogP contribution >= 0.6 is 0 Å². The van der Waals surface area contributed by atoms with Crippen LogP contribution in [0, 0.1) is 88.1 Å². The molecule has 96 heavy (non-hydrogen) atoms. The smallest absolute Gasteiger partial charge is 0.338 e. The molecule has 15 atom stereocenters. The first kappa shape index (κ1) is 74.7. The molecule has 3 fully saturated rings. The van der Waals surface area contributed by atoms with Crippen molar-refractivity contribution in [1.29, 1.82) is 0 Å². The number of hydrogen-bond donors (Lipinski definition) is 2. The maximum Gasteiger partial charge on any atom is 0.338 e. The van der Waals surface area contributed by atoms with Gasteiger partial charge >= 0.3 is 17.9 Å². The molecule has 15 unspecified atom stereocenters. The van der Waals surface area contributed by atoms with E-state index in [0.29, 0.717) is 0 Å². The third-order valence-electron chi connectivity index (χ3n) is 16.2. The SMILES string of the molecule is COC1OC(COCc2ccccc2)C(OC2OC(COC(=O)c3ccccc3)C(OC(=O)c3ccccc3)C(OC3OC(COCc4ccccc4)C(OCc4ccccc4)C(OCc4ccccc4)C3OCc3ccccc3)C2OC(=O)c2ccccc2)C(O)C1O.[Ac].[Ac]. The molecule has 0 amide bonds. The molecule has 21 heteroatoms. The molecule has 0 aliphatic carbocycles. The van der Waals surface area contributed by atoms with Crippen molar-refractivity contribution in [3.05, 3.63) is 287 Å². The van der Waals surface area contributed by atoms with Crippen LogP contribution in [0.4, 0.5) is 0 Å². The largest absolute Gasteiger partial charge is 0.459 e. The Bertz CT molecular complexity index is 3540. The number of benzene rings is 8. The van der Waals surface area contributed by atoms with Crippen LogP contribution in [0.1, 0.15) is 58.9 Å². The molecule has 2 radical (unpaired) electrons. The number of methoxy groups -OCH3 is 1. The maximum absolute atomic E-state index is 15.0. The number of carbonyl (C=O) groups excluding carboxylic acids is 3. The summed E-state index contributed by atoms with van der Waals surface area (Å²) in [5.74, 6) is -2.55. The number of aliphatic hydroxyl groups excluding tert-OH is 2. The molecule has 11 rings (SSSR count). The summed E-state index contributed by atoms with van der Waals surface area (Å²) in [6, 6.07) is 72.1. The molecular weight excluding hydrogens is 1660 g/mol. The monoisotopic (exact) mass is 1730 g/mol. The second-order valence-corrected chi connectivity index (χ2v) is 22.8. The molecule has 0 bridgehead atoms. The molecule has 3 aliphatic rings. The first-order chi connectivity index (χ1) is 46.1. The fourth-order valence-electron chi connectivity index (χ4n) is 11.3. The van der Waals surface area contributed by atoms with Gasteiger partial charge in [0.2, 0.25) is 0 Å². The van der Waals surface area contributed by atoms with Gasteiger partial charge in [-0.05, 0) is 64.2 Å². The average molecular weight is 1740 g/mol. The second kappa shape index (κ2) is 38.8. The van der Waals surface area contributed by atoms with Gasteiger partial charge < -0.3 is 76.5 Å². The molecule has 19 nitrogen and oxygen atoms in total. The van der Waals surface area contributed by atoms with E-state index >= 15 is 4.79 Å². The zero-order chi connectivity index (χ0) is 64.9. The number of ether oxygens (including phenoxy) is 14. The summed E-state index contributed by atoms with van der Waals surface area (Å²) in [6.07, 6.45) is -22.3. The molecule has 0 aromatic heterocycles. The zero-order valence-corrected chi connectivity index (χ0v) is 62.4. The van der Waals surface area contributed by atoms with E-state index in [-0.39, 0.29) is 151 Å². The van der Waals surface area contributed by atoms with E-state index in [1.54, 1.807) is 91.0 Å². The van der Waals surface area contributed by atoms with Crippen molar-refractivity contribution in [2.45, 2.75) is 125 Å². The van der Waals surface area contributed by atoms with Gasteiger partial charge in [-0.25, -0.2) is 14.4 Å². The number of carbonyl (C=O) groups is 3. The van der Waals surface area contributed by atoms with Crippen LogP contribution in [0.3, 0.4) is 0 Å². The summed E-state index contributed by atoms with van der Waals surface area (Å²) in [5.41, 5.74) is 4.56. The molecule has 3 aliphatic heterocycles. The Morgan fingerprint density at radius 3 is 1.08 bits per heavy atom. The van der Waals surface area contributed by atoms with Gasteiger partial charge in [0.15, 0.2) is 31.1 Å². The van der Waals surface area contributed by atoms with Gasteiger partial charge in [-0.15, -0.1) is 0 Å². The number of rotatable bonds is 29. The van der Waals surface area contributed by atoms with Crippen LogP contribution in [0.15, 0.2) is 243 Å². The molecule has 3 saturated heterocycles. The fraction of sp³-hybridized carbons (Fsp3) is 0.320. The summed E-state index contributed by atoms with van der Waals surface area (Å²) in [7, 11) is 1.31. The van der Waals surface area contributed by atoms with Crippen LogP contribution in [0.2, 0.25) is 0 Å². The third-order valence-corrected chi connectivity index (χ3v) is 16.2. The molecule has 496 valence electrons. The van der Waals surface area contributed by atoms with Gasteiger partial charge in [0, 0.05) is 95.2 Å². The van der Waals surface area contributed by atoms with Gasteiger partial charge in [0.05, 0.1) is 62.9 Å². The average Bonchev–Trinajstić information content (AvgIpc) is 0.762. The number of esters is 3. The predicted octanol–water partition coefficient (Wildman–Crippen LogP) is 9.80. The van der Waals surface area contributed by atoms with Crippen LogP contribution in [-0.4, -0.2) is 147 Å². The van der Waals surface area contributed by atoms with Gasteiger partial charge in [0.1, 0.15) is 67.6 Å². The third kappa shape index (κ3) is 20.8. The predicted molar refractivity (Wildman–Crippen MR) is 340 cm³/mol. The molecule has 8 aromatic rings. The minimum absolute atomic E-state index is 0. The van der Waals surface area contributed by atoms with E-state index in [0.717, 1.165) is 27.8 Å². The van der Waals surface area contributed by atoms with E-state index in [4.69, 9.17) is 66.3 Å². The summed E-state index contributed by atoms with van der Waals surface area (Å²) in [5, 5.41) is 23.9. The van der Waals surface area contributed by atoms with Crippen molar-refractivity contribution in [3.8, 4) is 0 Å². The number of aliphatic hydroxyl groups is 2. The summed E-state index contributed by atoms with van der Waals surface area (Å²) < 4.78 is 93.7. The van der Waals surface area contributed by atoms with Crippen LogP contribution in [0.5, 0.6) is 0 Å². The van der Waals surface area contributed by atoms with Crippen molar-refractivity contribution < 1.29 is 179 Å². The Morgan fingerprint density at radius 2 is 0.656 bits per heavy atom. The molecule has 3 heterocycles. The van der Waals surface area contributed by atoms with Crippen LogP contribution in [0.25, 0.3) is 0 Å². The zero-order valence-electron chi connectivity index (χ0n) is 52.9. The fourth-order valence-corrected chi connectivity index (χ4v) is 11.3. The quantitative estimate of drug-likeness (QED) is 0.0329. The Balaban J connectivity index is 0.00000541. The van der Waals surface area contributed by atoms with E-state index in [2.05, 4.69) is 0 Å². The molecule has 0 spiro atoms. The standard InChI is InChI=1S/C75H76O19.2Ac/c1-81-73-62(77)61(76)63(58(88-73)47-82-42-50-26-10-2-11-27-50)93-75-69(92-72(80)57-40-24-9-25-41-57)67(65(91-71(79)56-38-22-8-23-39-56)60(90-75)49-87-70(78)55-36-20-7-21-37-55)94-74-68(86-46-54-34-18-6-19-35-54)66(85-45-53-32-16-5-17-33-53)64(84-44-52-30-14-4-15-31-52)59(89-74)48-83-43-51-28-12-3-13-29-51;;/h2-41,58-69,73-77H,42-49H2,1H3;;. The van der Waals surface area contributed by atoms with Crippen molar-refractivity contribution in [2.24, 2.45) is 0 Å². The van der Waals surface area contributed by atoms with Gasteiger partial charge in [-0.1, -0.05) is 206 Å². The molecule has 8 aromatic carbocycles. The van der Waals surface area contributed by atoms with Gasteiger partial charge in [-0.3, -0.25) is 0 Å². The number of hydrogen-bond acceptors (Lipinski definition) is 19. The van der Waals surface area contributed by atoms with Crippen molar-refractivity contribution in [2.75, 3.05) is 26.9 Å². The maximum atomic E-state index is 15.0. The van der Waals surface area contributed by atoms with Crippen molar-refractivity contribution in [1.82, 2.24) is 0 Å². The first-order valence-electron chi connectivity index (χ1n) is 31.3.